The first-order valence-corrected chi connectivity index (χ1v) is 5.67. The Labute approximate surface area is 111 Å². The van der Waals surface area contributed by atoms with E-state index in [0.717, 1.165) is 0 Å². The van der Waals surface area contributed by atoms with Crippen molar-refractivity contribution in [3.05, 3.63) is 23.3 Å². The number of rotatable bonds is 2. The van der Waals surface area contributed by atoms with Crippen LogP contribution >= 0.6 is 0 Å². The number of ether oxygens (including phenoxy) is 1. The molecule has 0 radical (unpaired) electrons. The van der Waals surface area contributed by atoms with Crippen LogP contribution in [-0.2, 0) is 4.74 Å². The predicted octanol–water partition coefficient (Wildman–Crippen LogP) is 2.75. The molecule has 0 atom stereocenters. The topological polar surface area (TPSA) is 95.9 Å². The van der Waals surface area contributed by atoms with Crippen molar-refractivity contribution in [2.45, 2.75) is 33.3 Å². The minimum atomic E-state index is -1.14. The number of phenols is 1. The maximum Gasteiger partial charge on any atom is 0.412 e. The smallest absolute Gasteiger partial charge is 0.412 e. The Hall–Kier alpha value is -2.24. The number of amides is 1. The number of aryl methyl sites for hydroxylation is 1. The maximum atomic E-state index is 11.6. The third kappa shape index (κ3) is 4.17. The summed E-state index contributed by atoms with van der Waals surface area (Å²) in [4.78, 5) is 22.5. The fourth-order valence-electron chi connectivity index (χ4n) is 1.41. The van der Waals surface area contributed by atoms with Gasteiger partial charge in [-0.2, -0.15) is 0 Å². The molecule has 0 bridgehead atoms. The zero-order chi connectivity index (χ0) is 14.8. The molecule has 0 saturated heterocycles. The lowest BCUT2D eigenvalue weighted by Gasteiger charge is -2.20. The molecule has 19 heavy (non-hydrogen) atoms. The number of hydrogen-bond acceptors (Lipinski definition) is 4. The van der Waals surface area contributed by atoms with Gasteiger partial charge in [-0.05, 0) is 45.4 Å². The fraction of sp³-hybridized carbons (Fsp3) is 0.385. The van der Waals surface area contributed by atoms with Gasteiger partial charge < -0.3 is 14.9 Å². The van der Waals surface area contributed by atoms with E-state index in [2.05, 4.69) is 5.32 Å². The zero-order valence-corrected chi connectivity index (χ0v) is 11.3. The molecule has 0 saturated carbocycles. The third-order valence-electron chi connectivity index (χ3n) is 2.18. The first-order chi connectivity index (χ1) is 8.60. The predicted molar refractivity (Wildman–Crippen MR) is 69.7 cm³/mol. The van der Waals surface area contributed by atoms with Gasteiger partial charge in [0.25, 0.3) is 0 Å². The van der Waals surface area contributed by atoms with Crippen molar-refractivity contribution in [2.24, 2.45) is 0 Å². The second-order valence-corrected chi connectivity index (χ2v) is 5.12. The van der Waals surface area contributed by atoms with Crippen LogP contribution in [0.3, 0.4) is 0 Å². The van der Waals surface area contributed by atoms with Gasteiger partial charge >= 0.3 is 12.1 Å². The molecule has 6 nitrogen and oxygen atoms in total. The van der Waals surface area contributed by atoms with E-state index < -0.39 is 17.7 Å². The van der Waals surface area contributed by atoms with Gasteiger partial charge in [-0.15, -0.1) is 0 Å². The highest BCUT2D eigenvalue weighted by molar-refractivity contribution is 5.93. The van der Waals surface area contributed by atoms with Crippen LogP contribution in [0.2, 0.25) is 0 Å². The Morgan fingerprint density at radius 2 is 1.84 bits per heavy atom. The molecule has 0 spiro atoms. The molecule has 1 rings (SSSR count). The lowest BCUT2D eigenvalue weighted by molar-refractivity contribution is 0.0632. The van der Waals surface area contributed by atoms with E-state index in [1.54, 1.807) is 27.7 Å². The molecule has 6 heteroatoms. The molecule has 1 amide bonds. The highest BCUT2D eigenvalue weighted by Crippen LogP contribution is 2.29. The SMILES string of the molecule is Cc1cc(C(=O)O)cc(NC(=O)OC(C)(C)C)c1O. The first-order valence-electron chi connectivity index (χ1n) is 5.67. The largest absolute Gasteiger partial charge is 0.505 e. The van der Waals surface area contributed by atoms with E-state index in [1.165, 1.54) is 12.1 Å². The summed E-state index contributed by atoms with van der Waals surface area (Å²) in [5.74, 6) is -1.33. The Morgan fingerprint density at radius 3 is 2.32 bits per heavy atom. The summed E-state index contributed by atoms with van der Waals surface area (Å²) >= 11 is 0. The zero-order valence-electron chi connectivity index (χ0n) is 11.3. The normalized spacial score (nSPS) is 10.9. The van der Waals surface area contributed by atoms with Crippen LogP contribution in [0.5, 0.6) is 5.75 Å². The molecular formula is C13H17NO5. The van der Waals surface area contributed by atoms with Gasteiger partial charge in [-0.3, -0.25) is 5.32 Å². The second kappa shape index (κ2) is 5.17. The fourth-order valence-corrected chi connectivity index (χ4v) is 1.41. The Kier molecular flexibility index (Phi) is 4.04. The minimum Gasteiger partial charge on any atom is -0.505 e. The molecule has 0 aliphatic heterocycles. The summed E-state index contributed by atoms with van der Waals surface area (Å²) in [5.41, 5.74) is -0.349. The van der Waals surface area contributed by atoms with E-state index in [0.29, 0.717) is 5.56 Å². The summed E-state index contributed by atoms with van der Waals surface area (Å²) in [5, 5.41) is 21.0. The summed E-state index contributed by atoms with van der Waals surface area (Å²) in [6.07, 6.45) is -0.760. The van der Waals surface area contributed by atoms with Crippen LogP contribution in [0.15, 0.2) is 12.1 Å². The van der Waals surface area contributed by atoms with Crippen LogP contribution in [0.4, 0.5) is 10.5 Å². The monoisotopic (exact) mass is 267 g/mol. The van der Waals surface area contributed by atoms with Crippen LogP contribution < -0.4 is 5.32 Å². The standard InChI is InChI=1S/C13H17NO5/c1-7-5-8(11(16)17)6-9(10(7)15)14-12(18)19-13(2,3)4/h5-6,15H,1-4H3,(H,14,18)(H,16,17). The average molecular weight is 267 g/mol. The van der Waals surface area contributed by atoms with E-state index in [9.17, 15) is 14.7 Å². The quantitative estimate of drug-likeness (QED) is 0.716. The number of carboxylic acids is 1. The first kappa shape index (κ1) is 14.8. The maximum absolute atomic E-state index is 11.6. The molecule has 0 aromatic heterocycles. The number of carbonyl (C=O) groups excluding carboxylic acids is 1. The average Bonchev–Trinajstić information content (AvgIpc) is 2.21. The van der Waals surface area contributed by atoms with Crippen LogP contribution in [0.25, 0.3) is 0 Å². The number of carbonyl (C=O) groups is 2. The van der Waals surface area contributed by atoms with Gasteiger partial charge in [0.05, 0.1) is 11.3 Å². The van der Waals surface area contributed by atoms with Gasteiger partial charge in [0, 0.05) is 0 Å². The van der Waals surface area contributed by atoms with Crippen molar-refractivity contribution < 1.29 is 24.5 Å². The summed E-state index contributed by atoms with van der Waals surface area (Å²) in [7, 11) is 0. The van der Waals surface area contributed by atoms with Crippen molar-refractivity contribution in [3.8, 4) is 5.75 Å². The molecule has 104 valence electrons. The summed E-state index contributed by atoms with van der Waals surface area (Å²) in [6, 6.07) is 2.49. The van der Waals surface area contributed by atoms with Crippen LogP contribution in [-0.4, -0.2) is 27.9 Å². The number of aromatic hydroxyl groups is 1. The number of anilines is 1. The van der Waals surface area contributed by atoms with Crippen molar-refractivity contribution in [1.29, 1.82) is 0 Å². The number of nitrogens with one attached hydrogen (secondary N) is 1. The lowest BCUT2D eigenvalue weighted by Crippen LogP contribution is -2.27. The number of phenolic OH excluding ortho intramolecular Hbond substituents is 1. The van der Waals surface area contributed by atoms with E-state index in [1.807, 2.05) is 0 Å². The molecule has 0 fully saturated rings. The van der Waals surface area contributed by atoms with Gasteiger partial charge in [0.1, 0.15) is 11.4 Å². The minimum absolute atomic E-state index is 0.00616. The van der Waals surface area contributed by atoms with E-state index in [4.69, 9.17) is 9.84 Å². The molecule has 3 N–H and O–H groups in total. The number of hydrogen-bond donors (Lipinski definition) is 3. The third-order valence-corrected chi connectivity index (χ3v) is 2.18. The Morgan fingerprint density at radius 1 is 1.26 bits per heavy atom. The molecule has 0 aliphatic rings. The molecule has 1 aromatic rings. The van der Waals surface area contributed by atoms with Crippen LogP contribution in [0, 0.1) is 6.92 Å². The lowest BCUT2D eigenvalue weighted by atomic mass is 10.1. The van der Waals surface area contributed by atoms with Crippen molar-refractivity contribution in [3.63, 3.8) is 0 Å². The van der Waals surface area contributed by atoms with Crippen LogP contribution in [0.1, 0.15) is 36.7 Å². The van der Waals surface area contributed by atoms with Gasteiger partial charge in [0.15, 0.2) is 0 Å². The summed E-state index contributed by atoms with van der Waals surface area (Å²) in [6.45, 7) is 6.64. The highest BCUT2D eigenvalue weighted by Gasteiger charge is 2.19. The Bertz CT molecular complexity index is 517. The Balaban J connectivity index is 3.01. The molecule has 1 aromatic carbocycles. The summed E-state index contributed by atoms with van der Waals surface area (Å²) < 4.78 is 5.03. The van der Waals surface area contributed by atoms with Gasteiger partial charge in [-0.1, -0.05) is 0 Å². The number of aromatic carboxylic acids is 1. The second-order valence-electron chi connectivity index (χ2n) is 5.12. The molecule has 0 heterocycles. The van der Waals surface area contributed by atoms with Gasteiger partial charge in [0.2, 0.25) is 0 Å². The molecule has 0 unspecified atom stereocenters. The highest BCUT2D eigenvalue weighted by atomic mass is 16.6. The van der Waals surface area contributed by atoms with Gasteiger partial charge in [-0.25, -0.2) is 9.59 Å². The van der Waals surface area contributed by atoms with E-state index >= 15 is 0 Å². The van der Waals surface area contributed by atoms with E-state index in [-0.39, 0.29) is 17.0 Å². The number of carboxylic acid groups (broad SMARTS) is 1. The van der Waals surface area contributed by atoms with Crippen molar-refractivity contribution in [2.75, 3.05) is 5.32 Å². The van der Waals surface area contributed by atoms with Crippen molar-refractivity contribution >= 4 is 17.7 Å². The number of benzene rings is 1. The molecule has 0 aliphatic carbocycles. The van der Waals surface area contributed by atoms with Crippen molar-refractivity contribution in [1.82, 2.24) is 0 Å². The molecular weight excluding hydrogens is 250 g/mol.